The van der Waals surface area contributed by atoms with Gasteiger partial charge in [-0.15, -0.1) is 0 Å². The minimum atomic E-state index is -0.539. The molecular formula is C16H17NO4. The average Bonchev–Trinajstić information content (AvgIpc) is 2.69. The van der Waals surface area contributed by atoms with Crippen molar-refractivity contribution in [1.29, 1.82) is 0 Å². The zero-order valence-electron chi connectivity index (χ0n) is 12.2. The lowest BCUT2D eigenvalue weighted by molar-refractivity contribution is -0.136. The number of methoxy groups -OCH3 is 1. The predicted molar refractivity (Wildman–Crippen MR) is 78.2 cm³/mol. The molecule has 1 amide bonds. The summed E-state index contributed by atoms with van der Waals surface area (Å²) in [6, 6.07) is 6.49. The lowest BCUT2D eigenvalue weighted by atomic mass is 10.0. The fourth-order valence-corrected chi connectivity index (χ4v) is 2.39. The number of carbonyl (C=O) groups excluding carboxylic acids is 2. The third-order valence-electron chi connectivity index (χ3n) is 3.40. The Kier molecular flexibility index (Phi) is 4.12. The van der Waals surface area contributed by atoms with E-state index < -0.39 is 5.97 Å². The summed E-state index contributed by atoms with van der Waals surface area (Å²) in [4.78, 5) is 25.9. The topological polar surface area (TPSA) is 66.8 Å². The molecule has 0 aliphatic carbocycles. The van der Waals surface area contributed by atoms with Crippen molar-refractivity contribution in [3.05, 3.63) is 46.7 Å². The SMILES string of the molecule is CCN1C(=O)C(=Cc2cccc(O)c2)C(C(=O)OC)=C1C. The van der Waals surface area contributed by atoms with Crippen molar-refractivity contribution in [2.75, 3.05) is 13.7 Å². The Morgan fingerprint density at radius 3 is 2.71 bits per heavy atom. The largest absolute Gasteiger partial charge is 0.508 e. The number of ether oxygens (including phenoxy) is 1. The molecule has 1 N–H and O–H groups in total. The van der Waals surface area contributed by atoms with Gasteiger partial charge in [0.2, 0.25) is 0 Å². The third kappa shape index (κ3) is 2.67. The maximum Gasteiger partial charge on any atom is 0.340 e. The van der Waals surface area contributed by atoms with E-state index in [2.05, 4.69) is 0 Å². The number of likely N-dealkylation sites (N-methyl/N-ethyl adjacent to an activating group) is 1. The van der Waals surface area contributed by atoms with E-state index in [1.54, 1.807) is 31.2 Å². The Morgan fingerprint density at radius 1 is 1.43 bits per heavy atom. The monoisotopic (exact) mass is 287 g/mol. The molecule has 1 heterocycles. The molecule has 2 rings (SSSR count). The average molecular weight is 287 g/mol. The first kappa shape index (κ1) is 14.8. The summed E-state index contributed by atoms with van der Waals surface area (Å²) in [7, 11) is 1.29. The molecule has 1 aromatic rings. The van der Waals surface area contributed by atoms with Crippen molar-refractivity contribution in [1.82, 2.24) is 4.90 Å². The number of benzene rings is 1. The number of allylic oxidation sites excluding steroid dienone is 1. The van der Waals surface area contributed by atoms with Crippen LogP contribution >= 0.6 is 0 Å². The highest BCUT2D eigenvalue weighted by Gasteiger charge is 2.35. The van der Waals surface area contributed by atoms with Gasteiger partial charge in [-0.1, -0.05) is 12.1 Å². The molecule has 0 bridgehead atoms. The van der Waals surface area contributed by atoms with Gasteiger partial charge >= 0.3 is 5.97 Å². The van der Waals surface area contributed by atoms with Gasteiger partial charge in [-0.25, -0.2) is 4.79 Å². The first-order chi connectivity index (χ1) is 9.99. The molecule has 0 saturated carbocycles. The van der Waals surface area contributed by atoms with Crippen LogP contribution in [0.4, 0.5) is 0 Å². The summed E-state index contributed by atoms with van der Waals surface area (Å²) < 4.78 is 4.77. The molecule has 0 fully saturated rings. The number of hydrogen-bond donors (Lipinski definition) is 1. The lowest BCUT2D eigenvalue weighted by Gasteiger charge is -2.14. The molecule has 5 nitrogen and oxygen atoms in total. The van der Waals surface area contributed by atoms with E-state index in [0.717, 1.165) is 0 Å². The molecular weight excluding hydrogens is 270 g/mol. The minimum absolute atomic E-state index is 0.0995. The van der Waals surface area contributed by atoms with E-state index in [1.807, 2.05) is 6.92 Å². The van der Waals surface area contributed by atoms with Crippen LogP contribution < -0.4 is 0 Å². The number of carbonyl (C=O) groups is 2. The molecule has 0 spiro atoms. The smallest absolute Gasteiger partial charge is 0.340 e. The number of hydrogen-bond acceptors (Lipinski definition) is 4. The van der Waals surface area contributed by atoms with Crippen LogP contribution in [-0.4, -0.2) is 35.5 Å². The highest BCUT2D eigenvalue weighted by molar-refractivity contribution is 6.16. The van der Waals surface area contributed by atoms with E-state index in [9.17, 15) is 14.7 Å². The summed E-state index contributed by atoms with van der Waals surface area (Å²) >= 11 is 0. The van der Waals surface area contributed by atoms with Crippen molar-refractivity contribution in [3.63, 3.8) is 0 Å². The van der Waals surface area contributed by atoms with Crippen LogP contribution in [-0.2, 0) is 14.3 Å². The van der Waals surface area contributed by atoms with E-state index in [0.29, 0.717) is 17.8 Å². The van der Waals surface area contributed by atoms with Crippen molar-refractivity contribution in [2.24, 2.45) is 0 Å². The second-order valence-electron chi connectivity index (χ2n) is 4.65. The van der Waals surface area contributed by atoms with Gasteiger partial charge in [-0.3, -0.25) is 4.79 Å². The Morgan fingerprint density at radius 2 is 2.14 bits per heavy atom. The summed E-state index contributed by atoms with van der Waals surface area (Å²) in [6.45, 7) is 4.03. The minimum Gasteiger partial charge on any atom is -0.508 e. The maximum absolute atomic E-state index is 12.4. The van der Waals surface area contributed by atoms with Crippen molar-refractivity contribution in [2.45, 2.75) is 13.8 Å². The number of amides is 1. The molecule has 1 aliphatic heterocycles. The maximum atomic E-state index is 12.4. The normalized spacial score (nSPS) is 16.8. The Hall–Kier alpha value is -2.56. The number of nitrogens with zero attached hydrogens (tertiary/aromatic N) is 1. The van der Waals surface area contributed by atoms with Crippen LogP contribution in [0.25, 0.3) is 6.08 Å². The Bertz CT molecular complexity index is 658. The van der Waals surface area contributed by atoms with Gasteiger partial charge in [-0.2, -0.15) is 0 Å². The molecule has 0 radical (unpaired) electrons. The van der Waals surface area contributed by atoms with Crippen molar-refractivity contribution >= 4 is 18.0 Å². The van der Waals surface area contributed by atoms with E-state index in [1.165, 1.54) is 18.1 Å². The molecule has 1 aliphatic rings. The lowest BCUT2D eigenvalue weighted by Crippen LogP contribution is -2.24. The first-order valence-electron chi connectivity index (χ1n) is 6.61. The van der Waals surface area contributed by atoms with Gasteiger partial charge in [0.15, 0.2) is 0 Å². The number of aromatic hydroxyl groups is 1. The molecule has 0 saturated heterocycles. The van der Waals surface area contributed by atoms with Crippen LogP contribution in [0, 0.1) is 0 Å². The summed E-state index contributed by atoms with van der Waals surface area (Å²) in [5.41, 5.74) is 1.78. The van der Waals surface area contributed by atoms with Crippen LogP contribution in [0.3, 0.4) is 0 Å². The molecule has 0 aromatic heterocycles. The summed E-state index contributed by atoms with van der Waals surface area (Å²) in [5, 5.41) is 9.50. The van der Waals surface area contributed by atoms with Crippen LogP contribution in [0.1, 0.15) is 19.4 Å². The number of phenolic OH excluding ortho intramolecular Hbond substituents is 1. The second-order valence-corrected chi connectivity index (χ2v) is 4.65. The molecule has 1 aromatic carbocycles. The second kappa shape index (κ2) is 5.83. The zero-order chi connectivity index (χ0) is 15.6. The van der Waals surface area contributed by atoms with E-state index >= 15 is 0 Å². The van der Waals surface area contributed by atoms with Crippen LogP contribution in [0.2, 0.25) is 0 Å². The Balaban J connectivity index is 2.55. The van der Waals surface area contributed by atoms with Crippen molar-refractivity contribution in [3.8, 4) is 5.75 Å². The first-order valence-corrected chi connectivity index (χ1v) is 6.61. The van der Waals surface area contributed by atoms with Crippen LogP contribution in [0.15, 0.2) is 41.1 Å². The quantitative estimate of drug-likeness (QED) is 0.683. The van der Waals surface area contributed by atoms with Crippen molar-refractivity contribution < 1.29 is 19.4 Å². The Labute approximate surface area is 123 Å². The predicted octanol–water partition coefficient (Wildman–Crippen LogP) is 2.08. The standard InChI is InChI=1S/C16H17NO4/c1-4-17-10(2)14(16(20)21-3)13(15(17)19)9-11-6-5-7-12(18)8-11/h5-9,18H,4H2,1-3H3. The van der Waals surface area contributed by atoms with Gasteiger partial charge in [0.1, 0.15) is 5.75 Å². The fourth-order valence-electron chi connectivity index (χ4n) is 2.39. The molecule has 110 valence electrons. The molecule has 5 heteroatoms. The highest BCUT2D eigenvalue weighted by Crippen LogP contribution is 2.31. The number of phenols is 1. The van der Waals surface area contributed by atoms with E-state index in [-0.39, 0.29) is 22.8 Å². The van der Waals surface area contributed by atoms with Gasteiger partial charge in [0.25, 0.3) is 5.91 Å². The van der Waals surface area contributed by atoms with Gasteiger partial charge in [-0.05, 0) is 37.6 Å². The van der Waals surface area contributed by atoms with Gasteiger partial charge in [0.05, 0.1) is 18.3 Å². The highest BCUT2D eigenvalue weighted by atomic mass is 16.5. The number of esters is 1. The molecule has 0 atom stereocenters. The van der Waals surface area contributed by atoms with E-state index in [4.69, 9.17) is 4.74 Å². The molecule has 0 unspecified atom stereocenters. The van der Waals surface area contributed by atoms with Gasteiger partial charge < -0.3 is 14.7 Å². The van der Waals surface area contributed by atoms with Crippen LogP contribution in [0.5, 0.6) is 5.75 Å². The zero-order valence-corrected chi connectivity index (χ0v) is 12.2. The fraction of sp³-hybridized carbons (Fsp3) is 0.250. The number of rotatable bonds is 3. The summed E-state index contributed by atoms with van der Waals surface area (Å²) in [5.74, 6) is -0.676. The van der Waals surface area contributed by atoms with Gasteiger partial charge in [0, 0.05) is 12.2 Å². The third-order valence-corrected chi connectivity index (χ3v) is 3.40. The molecule has 21 heavy (non-hydrogen) atoms. The summed E-state index contributed by atoms with van der Waals surface area (Å²) in [6.07, 6.45) is 1.59.